The monoisotopic (exact) mass is 394 g/mol. The molecule has 7 heteroatoms. The smallest absolute Gasteiger partial charge is 0.255 e. The molecule has 0 aliphatic carbocycles. The molecular formula is C19H23ClN2O3S. The first-order valence-corrected chi connectivity index (χ1v) is 9.97. The Morgan fingerprint density at radius 2 is 1.58 bits per heavy atom. The molecule has 0 unspecified atom stereocenters. The van der Waals surface area contributed by atoms with Gasteiger partial charge >= 0.3 is 0 Å². The third-order valence-electron chi connectivity index (χ3n) is 3.40. The molecule has 0 saturated heterocycles. The predicted octanol–water partition coefficient (Wildman–Crippen LogP) is 4.29. The first kappa shape index (κ1) is 20.4. The number of anilines is 1. The van der Waals surface area contributed by atoms with Crippen LogP contribution in [0.15, 0.2) is 41.3 Å². The van der Waals surface area contributed by atoms with Gasteiger partial charge in [0, 0.05) is 16.8 Å². The highest BCUT2D eigenvalue weighted by Gasteiger charge is 2.25. The summed E-state index contributed by atoms with van der Waals surface area (Å²) in [7, 11) is -3.85. The van der Waals surface area contributed by atoms with E-state index in [4.69, 9.17) is 11.6 Å². The number of sulfonamides is 1. The van der Waals surface area contributed by atoms with Crippen LogP contribution in [0.1, 0.15) is 42.3 Å². The fourth-order valence-corrected chi connectivity index (χ4v) is 4.50. The summed E-state index contributed by atoms with van der Waals surface area (Å²) in [5.41, 5.74) is 2.24. The van der Waals surface area contributed by atoms with Crippen LogP contribution in [0.25, 0.3) is 0 Å². The molecule has 0 heterocycles. The molecule has 0 saturated carbocycles. The van der Waals surface area contributed by atoms with E-state index in [-0.39, 0.29) is 15.5 Å². The molecule has 0 bridgehead atoms. The van der Waals surface area contributed by atoms with E-state index in [1.54, 1.807) is 20.8 Å². The molecule has 5 nitrogen and oxygen atoms in total. The summed E-state index contributed by atoms with van der Waals surface area (Å²) in [5.74, 6) is -0.404. The molecule has 2 N–H and O–H groups in total. The van der Waals surface area contributed by atoms with Crippen molar-refractivity contribution in [3.8, 4) is 0 Å². The van der Waals surface area contributed by atoms with Crippen LogP contribution in [-0.4, -0.2) is 19.9 Å². The van der Waals surface area contributed by atoms with Crippen LogP contribution in [0.5, 0.6) is 0 Å². The lowest BCUT2D eigenvalue weighted by molar-refractivity contribution is 0.102. The van der Waals surface area contributed by atoms with E-state index in [0.29, 0.717) is 5.69 Å². The maximum Gasteiger partial charge on any atom is 0.255 e. The fraction of sp³-hybridized carbons (Fsp3) is 0.316. The van der Waals surface area contributed by atoms with Crippen molar-refractivity contribution in [3.63, 3.8) is 0 Å². The second-order valence-corrected chi connectivity index (χ2v) is 9.39. The van der Waals surface area contributed by atoms with E-state index in [2.05, 4.69) is 10.0 Å². The predicted molar refractivity (Wildman–Crippen MR) is 105 cm³/mol. The van der Waals surface area contributed by atoms with E-state index in [1.165, 1.54) is 18.2 Å². The van der Waals surface area contributed by atoms with Gasteiger partial charge < -0.3 is 5.32 Å². The van der Waals surface area contributed by atoms with Crippen LogP contribution in [0.3, 0.4) is 0 Å². The van der Waals surface area contributed by atoms with E-state index in [9.17, 15) is 13.2 Å². The van der Waals surface area contributed by atoms with Crippen molar-refractivity contribution in [3.05, 3.63) is 58.1 Å². The Hall–Kier alpha value is -1.89. The van der Waals surface area contributed by atoms with Gasteiger partial charge in [0.1, 0.15) is 4.90 Å². The summed E-state index contributed by atoms with van der Waals surface area (Å²) >= 11 is 6.07. The van der Waals surface area contributed by atoms with Gasteiger partial charge in [0.2, 0.25) is 10.0 Å². The molecule has 26 heavy (non-hydrogen) atoms. The van der Waals surface area contributed by atoms with Gasteiger partial charge in [-0.05, 0) is 76.1 Å². The molecule has 0 spiro atoms. The highest BCUT2D eigenvalue weighted by Crippen LogP contribution is 2.25. The quantitative estimate of drug-likeness (QED) is 0.812. The topological polar surface area (TPSA) is 75.3 Å². The molecule has 0 aromatic heterocycles. The zero-order valence-electron chi connectivity index (χ0n) is 15.5. The molecule has 140 valence electrons. The summed E-state index contributed by atoms with van der Waals surface area (Å²) in [6.07, 6.45) is 0. The highest BCUT2D eigenvalue weighted by atomic mass is 35.5. The number of hydrogen-bond donors (Lipinski definition) is 2. The number of halogens is 1. The number of hydrogen-bond acceptors (Lipinski definition) is 3. The van der Waals surface area contributed by atoms with Gasteiger partial charge in [-0.25, -0.2) is 13.1 Å². The standard InChI is InChI=1S/C19H23ClN2O3S/c1-12-8-13(2)10-15(9-12)21-18(23)14-6-7-16(20)17(11-14)26(24,25)22-19(3,4)5/h6-11,22H,1-5H3,(H,21,23). The van der Waals surface area contributed by atoms with Gasteiger partial charge in [0.05, 0.1) is 5.02 Å². The Bertz CT molecular complexity index is 927. The Labute approximate surface area is 159 Å². The molecule has 0 fully saturated rings. The van der Waals surface area contributed by atoms with Gasteiger partial charge in [-0.3, -0.25) is 4.79 Å². The third kappa shape index (κ3) is 5.30. The second kappa shape index (κ2) is 7.39. The van der Waals surface area contributed by atoms with E-state index >= 15 is 0 Å². The molecule has 0 aliphatic rings. The van der Waals surface area contributed by atoms with Gasteiger partial charge in [0.25, 0.3) is 5.91 Å². The zero-order valence-corrected chi connectivity index (χ0v) is 17.0. The molecule has 0 aliphatic heterocycles. The van der Waals surface area contributed by atoms with Gasteiger partial charge in [-0.2, -0.15) is 0 Å². The van der Waals surface area contributed by atoms with Crippen LogP contribution in [-0.2, 0) is 10.0 Å². The van der Waals surface area contributed by atoms with Crippen molar-refractivity contribution in [2.75, 3.05) is 5.32 Å². The largest absolute Gasteiger partial charge is 0.322 e. The SMILES string of the molecule is Cc1cc(C)cc(NC(=O)c2ccc(Cl)c(S(=O)(=O)NC(C)(C)C)c2)c1. The lowest BCUT2D eigenvalue weighted by Gasteiger charge is -2.21. The highest BCUT2D eigenvalue weighted by molar-refractivity contribution is 7.89. The number of amides is 1. The van der Waals surface area contributed by atoms with E-state index in [0.717, 1.165) is 11.1 Å². The first-order valence-electron chi connectivity index (χ1n) is 8.10. The number of carbonyl (C=O) groups excluding carboxylic acids is 1. The lowest BCUT2D eigenvalue weighted by Crippen LogP contribution is -2.40. The number of carbonyl (C=O) groups is 1. The maximum atomic E-state index is 12.6. The van der Waals surface area contributed by atoms with E-state index in [1.807, 2.05) is 32.0 Å². The lowest BCUT2D eigenvalue weighted by atomic mass is 10.1. The molecule has 2 rings (SSSR count). The van der Waals surface area contributed by atoms with Crippen molar-refractivity contribution in [2.24, 2.45) is 0 Å². The molecule has 0 atom stereocenters. The summed E-state index contributed by atoms with van der Waals surface area (Å²) < 4.78 is 27.7. The molecule has 0 radical (unpaired) electrons. The minimum Gasteiger partial charge on any atom is -0.322 e. The Morgan fingerprint density at radius 1 is 1.00 bits per heavy atom. The summed E-state index contributed by atoms with van der Waals surface area (Å²) in [4.78, 5) is 12.4. The van der Waals surface area contributed by atoms with Crippen LogP contribution >= 0.6 is 11.6 Å². The Kier molecular flexibility index (Phi) is 5.80. The van der Waals surface area contributed by atoms with Gasteiger partial charge in [0.15, 0.2) is 0 Å². The van der Waals surface area contributed by atoms with Gasteiger partial charge in [-0.1, -0.05) is 17.7 Å². The zero-order chi connectivity index (χ0) is 19.7. The van der Waals surface area contributed by atoms with Crippen LogP contribution in [0, 0.1) is 13.8 Å². The van der Waals surface area contributed by atoms with Crippen LogP contribution < -0.4 is 10.0 Å². The Balaban J connectivity index is 2.35. The molecular weight excluding hydrogens is 372 g/mol. The van der Waals surface area contributed by atoms with E-state index < -0.39 is 21.5 Å². The minimum absolute atomic E-state index is 0.0599. The minimum atomic E-state index is -3.85. The van der Waals surface area contributed by atoms with Crippen LogP contribution in [0.2, 0.25) is 5.02 Å². The normalized spacial score (nSPS) is 12.1. The molecule has 2 aromatic carbocycles. The summed E-state index contributed by atoms with van der Waals surface area (Å²) in [6.45, 7) is 9.07. The van der Waals surface area contributed by atoms with Crippen molar-refractivity contribution in [2.45, 2.75) is 45.1 Å². The fourth-order valence-electron chi connectivity index (χ4n) is 2.56. The molecule has 2 aromatic rings. The number of aryl methyl sites for hydroxylation is 2. The molecule has 1 amide bonds. The summed E-state index contributed by atoms with van der Waals surface area (Å²) in [6, 6.07) is 9.89. The number of benzene rings is 2. The maximum absolute atomic E-state index is 12.6. The Morgan fingerprint density at radius 3 is 2.12 bits per heavy atom. The van der Waals surface area contributed by atoms with Crippen LogP contribution in [0.4, 0.5) is 5.69 Å². The number of rotatable bonds is 4. The van der Waals surface area contributed by atoms with Crippen molar-refractivity contribution >= 4 is 33.2 Å². The first-order chi connectivity index (χ1) is 11.9. The van der Waals surface area contributed by atoms with Gasteiger partial charge in [-0.15, -0.1) is 0 Å². The average Bonchev–Trinajstić information content (AvgIpc) is 2.43. The van der Waals surface area contributed by atoms with Crippen molar-refractivity contribution in [1.82, 2.24) is 4.72 Å². The number of nitrogens with one attached hydrogen (secondary N) is 2. The van der Waals surface area contributed by atoms with Crippen molar-refractivity contribution < 1.29 is 13.2 Å². The third-order valence-corrected chi connectivity index (χ3v) is 5.64. The average molecular weight is 395 g/mol. The second-order valence-electron chi connectivity index (χ2n) is 7.33. The van der Waals surface area contributed by atoms with Crippen molar-refractivity contribution in [1.29, 1.82) is 0 Å². The summed E-state index contributed by atoms with van der Waals surface area (Å²) in [5, 5.41) is 2.85.